The normalized spacial score (nSPS) is 14.8. The van der Waals surface area contributed by atoms with Gasteiger partial charge in [0.05, 0.1) is 0 Å². The van der Waals surface area contributed by atoms with E-state index in [2.05, 4.69) is 11.7 Å². The summed E-state index contributed by atoms with van der Waals surface area (Å²) >= 11 is 0. The average Bonchev–Trinajstić information content (AvgIpc) is 2.11. The third-order valence-corrected chi connectivity index (χ3v) is 2.22. The van der Waals surface area contributed by atoms with Crippen molar-refractivity contribution in [2.45, 2.75) is 52.2 Å². The molecule has 0 saturated heterocycles. The van der Waals surface area contributed by atoms with Crippen LogP contribution in [-0.2, 0) is 4.74 Å². The van der Waals surface area contributed by atoms with Crippen molar-refractivity contribution < 1.29 is 19.7 Å². The Bertz CT molecular complexity index is 158. The number of carboxylic acid groups (broad SMARTS) is 1. The van der Waals surface area contributed by atoms with E-state index in [-0.39, 0.29) is 5.92 Å². The van der Waals surface area contributed by atoms with Crippen molar-refractivity contribution >= 4 is 6.16 Å². The predicted molar refractivity (Wildman–Crippen MR) is 53.0 cm³/mol. The molecule has 0 spiro atoms. The number of carbonyl (C=O) groups is 1. The summed E-state index contributed by atoms with van der Waals surface area (Å²) < 4.78 is 4.24. The van der Waals surface area contributed by atoms with E-state index >= 15 is 0 Å². The Hall–Kier alpha value is -0.770. The number of hydrogen-bond donors (Lipinski definition) is 2. The number of hydrogen-bond acceptors (Lipinski definition) is 3. The molecule has 84 valence electrons. The Morgan fingerprint density at radius 1 is 1.36 bits per heavy atom. The Morgan fingerprint density at radius 3 is 2.50 bits per heavy atom. The van der Waals surface area contributed by atoms with Crippen LogP contribution in [-0.4, -0.2) is 22.7 Å². The minimum absolute atomic E-state index is 0.122. The van der Waals surface area contributed by atoms with Crippen LogP contribution in [0.5, 0.6) is 0 Å². The van der Waals surface area contributed by atoms with E-state index in [4.69, 9.17) is 5.11 Å². The molecule has 14 heavy (non-hydrogen) atoms. The van der Waals surface area contributed by atoms with Crippen molar-refractivity contribution in [1.82, 2.24) is 0 Å². The molecular formula is C10H20O4. The lowest BCUT2D eigenvalue weighted by Gasteiger charge is -2.16. The van der Waals surface area contributed by atoms with Gasteiger partial charge in [-0.25, -0.2) is 4.79 Å². The van der Waals surface area contributed by atoms with Crippen LogP contribution in [0.2, 0.25) is 0 Å². The summed E-state index contributed by atoms with van der Waals surface area (Å²) in [6.45, 7) is 3.92. The molecule has 0 bridgehead atoms. The molecule has 0 aromatic rings. The molecular weight excluding hydrogens is 184 g/mol. The lowest BCUT2D eigenvalue weighted by Crippen LogP contribution is -2.23. The number of aliphatic hydroxyl groups excluding tert-OH is 1. The SMILES string of the molecule is CCCCCCC(C)C(O)OC(=O)O. The minimum Gasteiger partial charge on any atom is -0.450 e. The Kier molecular flexibility index (Phi) is 7.20. The van der Waals surface area contributed by atoms with Crippen molar-refractivity contribution in [3.05, 3.63) is 0 Å². The molecule has 0 aromatic carbocycles. The average molecular weight is 204 g/mol. The van der Waals surface area contributed by atoms with Crippen LogP contribution in [0.3, 0.4) is 0 Å². The topological polar surface area (TPSA) is 66.8 Å². The van der Waals surface area contributed by atoms with E-state index < -0.39 is 12.4 Å². The lowest BCUT2D eigenvalue weighted by molar-refractivity contribution is -0.103. The summed E-state index contributed by atoms with van der Waals surface area (Å²) in [6, 6.07) is 0. The summed E-state index contributed by atoms with van der Waals surface area (Å²) in [5, 5.41) is 17.5. The smallest absolute Gasteiger partial charge is 0.450 e. The molecule has 0 fully saturated rings. The Morgan fingerprint density at radius 2 is 2.00 bits per heavy atom. The van der Waals surface area contributed by atoms with Crippen molar-refractivity contribution in [2.24, 2.45) is 5.92 Å². The van der Waals surface area contributed by atoms with E-state index in [1.165, 1.54) is 12.8 Å². The summed E-state index contributed by atoms with van der Waals surface area (Å²) in [6.07, 6.45) is 2.68. The summed E-state index contributed by atoms with van der Waals surface area (Å²) in [7, 11) is 0. The zero-order valence-corrected chi connectivity index (χ0v) is 8.90. The second kappa shape index (κ2) is 7.62. The van der Waals surface area contributed by atoms with Crippen LogP contribution < -0.4 is 0 Å². The van der Waals surface area contributed by atoms with Crippen LogP contribution in [0, 0.1) is 5.92 Å². The maximum Gasteiger partial charge on any atom is 0.508 e. The van der Waals surface area contributed by atoms with Gasteiger partial charge in [0.25, 0.3) is 0 Å². The zero-order valence-electron chi connectivity index (χ0n) is 8.90. The van der Waals surface area contributed by atoms with Crippen molar-refractivity contribution in [1.29, 1.82) is 0 Å². The van der Waals surface area contributed by atoms with Gasteiger partial charge in [0.15, 0.2) is 0 Å². The molecule has 2 N–H and O–H groups in total. The van der Waals surface area contributed by atoms with Gasteiger partial charge in [0.2, 0.25) is 6.29 Å². The fourth-order valence-electron chi connectivity index (χ4n) is 1.26. The number of ether oxygens (including phenoxy) is 1. The third-order valence-electron chi connectivity index (χ3n) is 2.22. The van der Waals surface area contributed by atoms with Gasteiger partial charge >= 0.3 is 6.16 Å². The summed E-state index contributed by atoms with van der Waals surface area (Å²) in [5.74, 6) is -0.122. The first-order valence-electron chi connectivity index (χ1n) is 5.15. The fourth-order valence-corrected chi connectivity index (χ4v) is 1.26. The first-order chi connectivity index (χ1) is 6.57. The van der Waals surface area contributed by atoms with Gasteiger partial charge in [-0.05, 0) is 6.42 Å². The van der Waals surface area contributed by atoms with Gasteiger partial charge < -0.3 is 14.9 Å². The van der Waals surface area contributed by atoms with Crippen LogP contribution in [0.15, 0.2) is 0 Å². The molecule has 2 atom stereocenters. The maximum absolute atomic E-state index is 10.1. The van der Waals surface area contributed by atoms with Gasteiger partial charge in [-0.1, -0.05) is 39.5 Å². The van der Waals surface area contributed by atoms with E-state index in [1.807, 2.05) is 0 Å². The number of aliphatic hydroxyl groups is 1. The van der Waals surface area contributed by atoms with Crippen LogP contribution >= 0.6 is 0 Å². The molecule has 0 aromatic heterocycles. The maximum atomic E-state index is 10.1. The Labute approximate surface area is 84.9 Å². The number of unbranched alkanes of at least 4 members (excludes halogenated alkanes) is 3. The molecule has 0 heterocycles. The molecule has 4 heteroatoms. The summed E-state index contributed by atoms with van der Waals surface area (Å²) in [5.41, 5.74) is 0. The van der Waals surface area contributed by atoms with Crippen LogP contribution in [0.25, 0.3) is 0 Å². The first kappa shape index (κ1) is 13.2. The van der Waals surface area contributed by atoms with Gasteiger partial charge in [-0.15, -0.1) is 0 Å². The minimum atomic E-state index is -1.42. The highest BCUT2D eigenvalue weighted by molar-refractivity contribution is 5.56. The Balaban J connectivity index is 3.51. The van der Waals surface area contributed by atoms with Crippen LogP contribution in [0.4, 0.5) is 4.79 Å². The largest absolute Gasteiger partial charge is 0.508 e. The molecule has 4 nitrogen and oxygen atoms in total. The van der Waals surface area contributed by atoms with Gasteiger partial charge in [-0.3, -0.25) is 0 Å². The molecule has 0 rings (SSSR count). The molecule has 0 radical (unpaired) electrons. The summed E-state index contributed by atoms with van der Waals surface area (Å²) in [4.78, 5) is 10.1. The fraction of sp³-hybridized carbons (Fsp3) is 0.900. The van der Waals surface area contributed by atoms with E-state index in [1.54, 1.807) is 6.92 Å². The number of rotatable bonds is 7. The standard InChI is InChI=1S/C10H20O4/c1-3-4-5-6-7-8(2)9(11)14-10(12)13/h8-9,11H,3-7H2,1-2H3,(H,12,13). The zero-order chi connectivity index (χ0) is 11.0. The third kappa shape index (κ3) is 6.71. The predicted octanol–water partition coefficient (Wildman–Crippen LogP) is 2.61. The highest BCUT2D eigenvalue weighted by Gasteiger charge is 2.17. The quantitative estimate of drug-likeness (QED) is 0.380. The highest BCUT2D eigenvalue weighted by atomic mass is 16.7. The van der Waals surface area contributed by atoms with E-state index in [9.17, 15) is 9.90 Å². The van der Waals surface area contributed by atoms with Gasteiger partial charge in [0.1, 0.15) is 0 Å². The van der Waals surface area contributed by atoms with E-state index in [0.29, 0.717) is 0 Å². The van der Waals surface area contributed by atoms with Crippen molar-refractivity contribution in [2.75, 3.05) is 0 Å². The first-order valence-corrected chi connectivity index (χ1v) is 5.15. The second-order valence-electron chi connectivity index (χ2n) is 3.60. The van der Waals surface area contributed by atoms with Gasteiger partial charge in [-0.2, -0.15) is 0 Å². The highest BCUT2D eigenvalue weighted by Crippen LogP contribution is 2.14. The van der Waals surface area contributed by atoms with Gasteiger partial charge in [0, 0.05) is 5.92 Å². The molecule has 0 saturated carbocycles. The second-order valence-corrected chi connectivity index (χ2v) is 3.60. The van der Waals surface area contributed by atoms with Crippen molar-refractivity contribution in [3.8, 4) is 0 Å². The molecule has 2 unspecified atom stereocenters. The monoisotopic (exact) mass is 204 g/mol. The van der Waals surface area contributed by atoms with E-state index in [0.717, 1.165) is 19.3 Å². The van der Waals surface area contributed by atoms with Crippen LogP contribution in [0.1, 0.15) is 46.0 Å². The molecule has 0 aliphatic carbocycles. The molecule has 0 aliphatic rings. The lowest BCUT2D eigenvalue weighted by atomic mass is 10.0. The molecule has 0 amide bonds. The molecule has 0 aliphatic heterocycles. The van der Waals surface area contributed by atoms with Crippen molar-refractivity contribution in [3.63, 3.8) is 0 Å².